The first-order valence-electron chi connectivity index (χ1n) is 8.74. The number of aromatic nitrogens is 4. The molecule has 0 fully saturated rings. The highest BCUT2D eigenvalue weighted by atomic mass is 16.3. The number of anilines is 1. The van der Waals surface area contributed by atoms with E-state index in [-0.39, 0.29) is 11.8 Å². The summed E-state index contributed by atoms with van der Waals surface area (Å²) in [5.41, 5.74) is 3.57. The molecule has 4 aromatic rings. The molecule has 0 aliphatic carbocycles. The van der Waals surface area contributed by atoms with Crippen LogP contribution in [0.4, 0.5) is 5.82 Å². The Kier molecular flexibility index (Phi) is 3.46. The van der Waals surface area contributed by atoms with E-state index in [1.807, 2.05) is 60.3 Å². The fraction of sp³-hybridized carbons (Fsp3) is 0.150. The van der Waals surface area contributed by atoms with E-state index in [1.165, 1.54) is 0 Å². The molecule has 4 heterocycles. The van der Waals surface area contributed by atoms with Crippen LogP contribution >= 0.6 is 0 Å². The number of furan rings is 1. The molecule has 134 valence electrons. The lowest BCUT2D eigenvalue weighted by Crippen LogP contribution is -2.23. The van der Waals surface area contributed by atoms with Crippen molar-refractivity contribution in [2.45, 2.75) is 19.3 Å². The summed E-state index contributed by atoms with van der Waals surface area (Å²) in [6.07, 6.45) is 4.07. The van der Waals surface area contributed by atoms with Crippen molar-refractivity contribution in [1.29, 1.82) is 0 Å². The number of amides is 1. The average Bonchev–Trinajstić information content (AvgIpc) is 3.40. The first-order valence-corrected chi connectivity index (χ1v) is 8.74. The molecule has 27 heavy (non-hydrogen) atoms. The van der Waals surface area contributed by atoms with E-state index in [1.54, 1.807) is 6.20 Å². The summed E-state index contributed by atoms with van der Waals surface area (Å²) < 4.78 is 7.67. The van der Waals surface area contributed by atoms with Gasteiger partial charge in [-0.3, -0.25) is 9.89 Å². The molecule has 0 radical (unpaired) electrons. The minimum absolute atomic E-state index is 0.0502. The largest absolute Gasteiger partial charge is 0.460 e. The van der Waals surface area contributed by atoms with Crippen LogP contribution in [0.15, 0.2) is 59.3 Å². The minimum atomic E-state index is -0.148. The monoisotopic (exact) mass is 359 g/mol. The highest BCUT2D eigenvalue weighted by Crippen LogP contribution is 2.40. The van der Waals surface area contributed by atoms with Crippen molar-refractivity contribution >= 4 is 11.7 Å². The van der Waals surface area contributed by atoms with E-state index in [2.05, 4.69) is 15.5 Å². The predicted molar refractivity (Wildman–Crippen MR) is 99.7 cm³/mol. The Bertz CT molecular complexity index is 1120. The fourth-order valence-corrected chi connectivity index (χ4v) is 3.53. The van der Waals surface area contributed by atoms with Crippen LogP contribution in [0.25, 0.3) is 17.1 Å². The van der Waals surface area contributed by atoms with E-state index in [4.69, 9.17) is 9.52 Å². The molecule has 0 saturated heterocycles. The van der Waals surface area contributed by atoms with E-state index >= 15 is 0 Å². The number of H-pyrrole nitrogens is 1. The summed E-state index contributed by atoms with van der Waals surface area (Å²) in [4.78, 5) is 12.2. The minimum Gasteiger partial charge on any atom is -0.460 e. The topological polar surface area (TPSA) is 88.7 Å². The lowest BCUT2D eigenvalue weighted by molar-refractivity contribution is -0.116. The highest BCUT2D eigenvalue weighted by molar-refractivity contribution is 5.94. The number of aryl methyl sites for hydroxylation is 1. The summed E-state index contributed by atoms with van der Waals surface area (Å²) >= 11 is 0. The first-order chi connectivity index (χ1) is 13.2. The molecule has 7 nitrogen and oxygen atoms in total. The van der Waals surface area contributed by atoms with Gasteiger partial charge in [-0.1, -0.05) is 18.2 Å². The third-order valence-electron chi connectivity index (χ3n) is 4.81. The maximum atomic E-state index is 12.2. The number of hydrogen-bond donors (Lipinski definition) is 2. The lowest BCUT2D eigenvalue weighted by Gasteiger charge is -2.21. The molecule has 1 atom stereocenters. The molecule has 5 rings (SSSR count). The molecule has 1 aliphatic heterocycles. The molecule has 0 spiro atoms. The number of para-hydroxylation sites is 1. The van der Waals surface area contributed by atoms with Gasteiger partial charge in [0.1, 0.15) is 17.3 Å². The lowest BCUT2D eigenvalue weighted by atomic mass is 9.87. The number of carbonyl (C=O) groups is 1. The van der Waals surface area contributed by atoms with Gasteiger partial charge in [-0.2, -0.15) is 10.2 Å². The normalized spacial score (nSPS) is 16.2. The molecule has 7 heteroatoms. The van der Waals surface area contributed by atoms with Gasteiger partial charge in [-0.05, 0) is 31.2 Å². The average molecular weight is 359 g/mol. The Morgan fingerprint density at radius 1 is 1.15 bits per heavy atom. The maximum absolute atomic E-state index is 12.2. The van der Waals surface area contributed by atoms with E-state index in [0.29, 0.717) is 18.0 Å². The van der Waals surface area contributed by atoms with Gasteiger partial charge >= 0.3 is 0 Å². The predicted octanol–water partition coefficient (Wildman–Crippen LogP) is 3.64. The zero-order chi connectivity index (χ0) is 18.4. The van der Waals surface area contributed by atoms with Gasteiger partial charge in [0.25, 0.3) is 0 Å². The third-order valence-corrected chi connectivity index (χ3v) is 4.81. The molecule has 0 saturated carbocycles. The molecule has 1 aromatic carbocycles. The van der Waals surface area contributed by atoms with Gasteiger partial charge in [0.15, 0.2) is 5.76 Å². The Labute approximate surface area is 155 Å². The Morgan fingerprint density at radius 2 is 2.00 bits per heavy atom. The van der Waals surface area contributed by atoms with Crippen molar-refractivity contribution in [3.8, 4) is 17.1 Å². The molecule has 3 aromatic heterocycles. The van der Waals surface area contributed by atoms with Crippen molar-refractivity contribution in [1.82, 2.24) is 20.0 Å². The first kappa shape index (κ1) is 15.6. The summed E-state index contributed by atoms with van der Waals surface area (Å²) in [5, 5.41) is 14.6. The molecule has 1 aliphatic rings. The van der Waals surface area contributed by atoms with Crippen LogP contribution < -0.4 is 5.32 Å². The van der Waals surface area contributed by atoms with Gasteiger partial charge in [0.05, 0.1) is 11.9 Å². The van der Waals surface area contributed by atoms with E-state index in [0.717, 1.165) is 28.3 Å². The SMILES string of the molecule is Cc1ccc(-c2nn(-c3ccccc3)cc2[C@H]2CC(=O)Nc3[nH]ncc32)o1. The summed E-state index contributed by atoms with van der Waals surface area (Å²) in [6.45, 7) is 1.90. The van der Waals surface area contributed by atoms with Crippen LogP contribution in [-0.4, -0.2) is 25.9 Å². The van der Waals surface area contributed by atoms with E-state index in [9.17, 15) is 4.79 Å². The van der Waals surface area contributed by atoms with Crippen LogP contribution in [-0.2, 0) is 4.79 Å². The quantitative estimate of drug-likeness (QED) is 0.584. The number of nitrogens with one attached hydrogen (secondary N) is 2. The second-order valence-electron chi connectivity index (χ2n) is 6.63. The number of benzene rings is 1. The number of carbonyl (C=O) groups excluding carboxylic acids is 1. The third kappa shape index (κ3) is 2.64. The number of rotatable bonds is 3. The van der Waals surface area contributed by atoms with Crippen molar-refractivity contribution in [2.75, 3.05) is 5.32 Å². The van der Waals surface area contributed by atoms with E-state index < -0.39 is 0 Å². The second-order valence-corrected chi connectivity index (χ2v) is 6.63. The summed E-state index contributed by atoms with van der Waals surface area (Å²) in [7, 11) is 0. The number of aromatic amines is 1. The highest BCUT2D eigenvalue weighted by Gasteiger charge is 2.32. The Morgan fingerprint density at radius 3 is 2.78 bits per heavy atom. The van der Waals surface area contributed by atoms with Crippen molar-refractivity contribution in [3.05, 3.63) is 71.7 Å². The molecular formula is C20H17N5O2. The van der Waals surface area contributed by atoms with Gasteiger partial charge in [0, 0.05) is 29.7 Å². The van der Waals surface area contributed by atoms with Crippen LogP contribution in [0.1, 0.15) is 29.2 Å². The summed E-state index contributed by atoms with van der Waals surface area (Å²) in [6, 6.07) is 13.7. The number of fused-ring (bicyclic) bond motifs is 1. The molecule has 0 unspecified atom stereocenters. The van der Waals surface area contributed by atoms with Crippen LogP contribution in [0.2, 0.25) is 0 Å². The second kappa shape index (κ2) is 5.98. The van der Waals surface area contributed by atoms with Gasteiger partial charge in [-0.25, -0.2) is 4.68 Å². The number of nitrogens with zero attached hydrogens (tertiary/aromatic N) is 3. The molecular weight excluding hydrogens is 342 g/mol. The van der Waals surface area contributed by atoms with Gasteiger partial charge in [-0.15, -0.1) is 0 Å². The smallest absolute Gasteiger partial charge is 0.226 e. The molecule has 2 N–H and O–H groups in total. The number of hydrogen-bond acceptors (Lipinski definition) is 4. The molecule has 0 bridgehead atoms. The summed E-state index contributed by atoms with van der Waals surface area (Å²) in [5.74, 6) is 1.95. The standard InChI is InChI=1S/C20H17N5O2/c1-12-7-8-17(27-12)19-16(11-25(24-19)13-5-3-2-4-6-13)14-9-18(26)22-20-15(14)10-21-23-20/h2-8,10-11,14H,9H2,1H3,(H2,21,22,23,26)/t14-/m0/s1. The van der Waals surface area contributed by atoms with Crippen LogP contribution in [0.3, 0.4) is 0 Å². The zero-order valence-electron chi connectivity index (χ0n) is 14.6. The maximum Gasteiger partial charge on any atom is 0.226 e. The Balaban J connectivity index is 1.69. The molecule has 1 amide bonds. The van der Waals surface area contributed by atoms with Crippen LogP contribution in [0, 0.1) is 6.92 Å². The van der Waals surface area contributed by atoms with Crippen molar-refractivity contribution < 1.29 is 9.21 Å². The Hall–Kier alpha value is -3.61. The fourth-order valence-electron chi connectivity index (χ4n) is 3.53. The van der Waals surface area contributed by atoms with Crippen LogP contribution in [0.5, 0.6) is 0 Å². The zero-order valence-corrected chi connectivity index (χ0v) is 14.6. The van der Waals surface area contributed by atoms with Gasteiger partial charge in [0.2, 0.25) is 5.91 Å². The van der Waals surface area contributed by atoms with Crippen molar-refractivity contribution in [3.63, 3.8) is 0 Å². The van der Waals surface area contributed by atoms with Gasteiger partial charge < -0.3 is 9.73 Å². The van der Waals surface area contributed by atoms with Crippen molar-refractivity contribution in [2.24, 2.45) is 0 Å².